The molecule has 0 spiro atoms. The van der Waals surface area contributed by atoms with Crippen LogP contribution in [-0.2, 0) is 4.79 Å². The van der Waals surface area contributed by atoms with Gasteiger partial charge in [-0.25, -0.2) is 0 Å². The van der Waals surface area contributed by atoms with Crippen molar-refractivity contribution >= 4 is 5.78 Å². The Bertz CT molecular complexity index is 101. The Balaban J connectivity index is 3.50. The van der Waals surface area contributed by atoms with E-state index in [1.54, 1.807) is 6.92 Å². The minimum absolute atomic E-state index is 0.0170. The third-order valence-corrected chi connectivity index (χ3v) is 1.14. The van der Waals surface area contributed by atoms with E-state index in [0.717, 1.165) is 0 Å². The SMILES string of the molecule is CC(=O)CC(N)C(C)O. The van der Waals surface area contributed by atoms with E-state index in [4.69, 9.17) is 10.8 Å². The van der Waals surface area contributed by atoms with Crippen molar-refractivity contribution in [2.24, 2.45) is 5.73 Å². The molecule has 0 aromatic heterocycles. The van der Waals surface area contributed by atoms with Crippen molar-refractivity contribution in [3.8, 4) is 0 Å². The van der Waals surface area contributed by atoms with Crippen molar-refractivity contribution in [3.63, 3.8) is 0 Å². The first-order valence-electron chi connectivity index (χ1n) is 2.97. The molecule has 0 radical (unpaired) electrons. The quantitative estimate of drug-likeness (QED) is 0.551. The number of Topliss-reactive ketones (excluding diaryl/α,β-unsaturated/α-hetero) is 1. The molecule has 0 fully saturated rings. The van der Waals surface area contributed by atoms with Crippen LogP contribution in [-0.4, -0.2) is 23.0 Å². The summed E-state index contributed by atoms with van der Waals surface area (Å²) < 4.78 is 0. The minimum atomic E-state index is -0.589. The molecule has 3 heteroatoms. The van der Waals surface area contributed by atoms with Crippen LogP contribution in [0.2, 0.25) is 0 Å². The van der Waals surface area contributed by atoms with Crippen molar-refractivity contribution in [2.45, 2.75) is 32.4 Å². The summed E-state index contributed by atoms with van der Waals surface area (Å²) in [6.45, 7) is 3.04. The van der Waals surface area contributed by atoms with Crippen LogP contribution in [0.1, 0.15) is 20.3 Å². The summed E-state index contributed by atoms with van der Waals surface area (Å²) in [5, 5.41) is 8.79. The second-order valence-corrected chi connectivity index (χ2v) is 2.31. The van der Waals surface area contributed by atoms with Crippen LogP contribution >= 0.6 is 0 Å². The number of aliphatic hydroxyl groups excluding tert-OH is 1. The first-order chi connectivity index (χ1) is 4.04. The third kappa shape index (κ3) is 4.12. The van der Waals surface area contributed by atoms with Crippen LogP contribution in [0.25, 0.3) is 0 Å². The Morgan fingerprint density at radius 3 is 2.33 bits per heavy atom. The fourth-order valence-corrected chi connectivity index (χ4v) is 0.502. The lowest BCUT2D eigenvalue weighted by atomic mass is 10.1. The zero-order valence-corrected chi connectivity index (χ0v) is 5.79. The molecule has 3 N–H and O–H groups in total. The average Bonchev–Trinajstić information content (AvgIpc) is 1.63. The van der Waals surface area contributed by atoms with Gasteiger partial charge in [-0.3, -0.25) is 4.79 Å². The topological polar surface area (TPSA) is 63.3 Å². The van der Waals surface area contributed by atoms with Crippen LogP contribution in [0.4, 0.5) is 0 Å². The predicted octanol–water partition coefficient (Wildman–Crippen LogP) is -0.326. The standard InChI is InChI=1S/C6H13NO2/c1-4(8)3-6(7)5(2)9/h5-6,9H,3,7H2,1-2H3. The van der Waals surface area contributed by atoms with Gasteiger partial charge in [-0.2, -0.15) is 0 Å². The van der Waals surface area contributed by atoms with Gasteiger partial charge in [0, 0.05) is 12.5 Å². The highest BCUT2D eigenvalue weighted by Gasteiger charge is 2.10. The van der Waals surface area contributed by atoms with E-state index in [9.17, 15) is 4.79 Å². The molecule has 0 aliphatic carbocycles. The molecule has 0 aromatic carbocycles. The maximum atomic E-state index is 10.4. The molecular weight excluding hydrogens is 118 g/mol. The van der Waals surface area contributed by atoms with Gasteiger partial charge in [-0.15, -0.1) is 0 Å². The van der Waals surface area contributed by atoms with E-state index < -0.39 is 12.1 Å². The molecule has 2 unspecified atom stereocenters. The summed E-state index contributed by atoms with van der Waals surface area (Å²) >= 11 is 0. The molecule has 2 atom stereocenters. The minimum Gasteiger partial charge on any atom is -0.392 e. The third-order valence-electron chi connectivity index (χ3n) is 1.14. The zero-order chi connectivity index (χ0) is 7.44. The Kier molecular flexibility index (Phi) is 3.42. The summed E-state index contributed by atoms with van der Waals surface area (Å²) in [5.41, 5.74) is 5.35. The molecule has 3 nitrogen and oxygen atoms in total. The van der Waals surface area contributed by atoms with Gasteiger partial charge in [0.05, 0.1) is 6.10 Å². The maximum Gasteiger partial charge on any atom is 0.131 e. The Hall–Kier alpha value is -0.410. The van der Waals surface area contributed by atoms with E-state index in [1.807, 2.05) is 0 Å². The number of nitrogens with two attached hydrogens (primary N) is 1. The van der Waals surface area contributed by atoms with Crippen molar-refractivity contribution in [1.29, 1.82) is 0 Å². The first kappa shape index (κ1) is 8.59. The molecule has 0 aliphatic rings. The normalized spacial score (nSPS) is 16.9. The second-order valence-electron chi connectivity index (χ2n) is 2.31. The number of carbonyl (C=O) groups is 1. The van der Waals surface area contributed by atoms with Gasteiger partial charge in [0.1, 0.15) is 5.78 Å². The van der Waals surface area contributed by atoms with Crippen LogP contribution in [0.15, 0.2) is 0 Å². The van der Waals surface area contributed by atoms with Crippen molar-refractivity contribution < 1.29 is 9.90 Å². The van der Waals surface area contributed by atoms with Crippen molar-refractivity contribution in [1.82, 2.24) is 0 Å². The number of aliphatic hydroxyl groups is 1. The number of hydrogen-bond donors (Lipinski definition) is 2. The van der Waals surface area contributed by atoms with Gasteiger partial charge >= 0.3 is 0 Å². The van der Waals surface area contributed by atoms with Gasteiger partial charge in [-0.05, 0) is 13.8 Å². The van der Waals surface area contributed by atoms with Crippen molar-refractivity contribution in [2.75, 3.05) is 0 Å². The van der Waals surface area contributed by atoms with Gasteiger partial charge < -0.3 is 10.8 Å². The number of rotatable bonds is 3. The van der Waals surface area contributed by atoms with Gasteiger partial charge in [0.15, 0.2) is 0 Å². The maximum absolute atomic E-state index is 10.4. The van der Waals surface area contributed by atoms with E-state index >= 15 is 0 Å². The summed E-state index contributed by atoms with van der Waals surface area (Å²) in [5.74, 6) is 0.0170. The number of ketones is 1. The zero-order valence-electron chi connectivity index (χ0n) is 5.79. The lowest BCUT2D eigenvalue weighted by Gasteiger charge is -2.11. The second kappa shape index (κ2) is 3.58. The van der Waals surface area contributed by atoms with E-state index in [2.05, 4.69) is 0 Å². The molecule has 0 saturated carbocycles. The molecule has 0 amide bonds. The van der Waals surface area contributed by atoms with E-state index in [0.29, 0.717) is 0 Å². The summed E-state index contributed by atoms with van der Waals surface area (Å²) in [4.78, 5) is 10.4. The molecule has 0 saturated heterocycles. The summed E-state index contributed by atoms with van der Waals surface area (Å²) in [6.07, 6.45) is -0.327. The van der Waals surface area contributed by atoms with Gasteiger partial charge in [-0.1, -0.05) is 0 Å². The highest BCUT2D eigenvalue weighted by molar-refractivity contribution is 5.76. The van der Waals surface area contributed by atoms with Crippen LogP contribution < -0.4 is 5.73 Å². The fourth-order valence-electron chi connectivity index (χ4n) is 0.502. The lowest BCUT2D eigenvalue weighted by Crippen LogP contribution is -2.33. The highest BCUT2D eigenvalue weighted by Crippen LogP contribution is 1.94. The Morgan fingerprint density at radius 1 is 1.78 bits per heavy atom. The first-order valence-corrected chi connectivity index (χ1v) is 2.97. The molecule has 0 aliphatic heterocycles. The largest absolute Gasteiger partial charge is 0.392 e. The number of hydrogen-bond acceptors (Lipinski definition) is 3. The Labute approximate surface area is 54.9 Å². The van der Waals surface area contributed by atoms with Crippen LogP contribution in [0.3, 0.4) is 0 Å². The smallest absolute Gasteiger partial charge is 0.131 e. The number of carbonyl (C=O) groups excluding carboxylic acids is 1. The molecule has 54 valence electrons. The molecule has 9 heavy (non-hydrogen) atoms. The molecule has 0 heterocycles. The fraction of sp³-hybridized carbons (Fsp3) is 0.833. The average molecular weight is 131 g/mol. The van der Waals surface area contributed by atoms with Crippen LogP contribution in [0, 0.1) is 0 Å². The van der Waals surface area contributed by atoms with Crippen LogP contribution in [0.5, 0.6) is 0 Å². The molecular formula is C6H13NO2. The molecule has 0 bridgehead atoms. The summed E-state index contributed by atoms with van der Waals surface area (Å²) in [6, 6.07) is -0.400. The van der Waals surface area contributed by atoms with E-state index in [-0.39, 0.29) is 12.2 Å². The molecule has 0 aromatic rings. The lowest BCUT2D eigenvalue weighted by molar-refractivity contribution is -0.117. The summed E-state index contributed by atoms with van der Waals surface area (Å²) in [7, 11) is 0. The highest BCUT2D eigenvalue weighted by atomic mass is 16.3. The van der Waals surface area contributed by atoms with Crippen molar-refractivity contribution in [3.05, 3.63) is 0 Å². The van der Waals surface area contributed by atoms with E-state index in [1.165, 1.54) is 6.92 Å². The van der Waals surface area contributed by atoms with Gasteiger partial charge in [0.25, 0.3) is 0 Å². The molecule has 0 rings (SSSR count). The monoisotopic (exact) mass is 131 g/mol. The Morgan fingerprint density at radius 2 is 2.22 bits per heavy atom. The predicted molar refractivity (Wildman–Crippen MR) is 35.0 cm³/mol. The van der Waals surface area contributed by atoms with Gasteiger partial charge in [0.2, 0.25) is 0 Å².